The second-order valence-electron chi connectivity index (χ2n) is 8.17. The van der Waals surface area contributed by atoms with Gasteiger partial charge in [0, 0.05) is 16.8 Å². The van der Waals surface area contributed by atoms with Gasteiger partial charge in [-0.2, -0.15) is 0 Å². The molecule has 1 aliphatic rings. The van der Waals surface area contributed by atoms with E-state index in [1.165, 1.54) is 23.1 Å². The number of carbonyl (C=O) groups is 2. The summed E-state index contributed by atoms with van der Waals surface area (Å²) in [6.45, 7) is 5.64. The summed E-state index contributed by atoms with van der Waals surface area (Å²) in [6.07, 6.45) is -0.0274. The summed E-state index contributed by atoms with van der Waals surface area (Å²) in [5.41, 5.74) is 1.50. The third kappa shape index (κ3) is 4.12. The second kappa shape index (κ2) is 8.90. The zero-order chi connectivity index (χ0) is 23.7. The molecule has 33 heavy (non-hydrogen) atoms. The number of rotatable bonds is 5. The van der Waals surface area contributed by atoms with Gasteiger partial charge in [-0.1, -0.05) is 36.4 Å². The van der Waals surface area contributed by atoms with Crippen LogP contribution in [0, 0.1) is 12.7 Å². The Kier molecular flexibility index (Phi) is 6.01. The van der Waals surface area contributed by atoms with Crippen molar-refractivity contribution in [1.29, 1.82) is 0 Å². The van der Waals surface area contributed by atoms with Gasteiger partial charge in [0.2, 0.25) is 0 Å². The molecular weight excluding hydrogens is 421 g/mol. The Labute approximate surface area is 191 Å². The van der Waals surface area contributed by atoms with Gasteiger partial charge in [-0.25, -0.2) is 4.39 Å². The molecule has 168 valence electrons. The first-order chi connectivity index (χ1) is 15.8. The highest BCUT2D eigenvalue weighted by Crippen LogP contribution is 2.43. The number of aliphatic hydroxyl groups excluding tert-OH is 1. The number of amides is 1. The fraction of sp³-hybridized carbons (Fsp3) is 0.185. The number of hydrogen-bond acceptors (Lipinski definition) is 4. The number of para-hydroxylation sites is 1. The summed E-state index contributed by atoms with van der Waals surface area (Å²) < 4.78 is 20.6. The van der Waals surface area contributed by atoms with Gasteiger partial charge in [-0.3, -0.25) is 14.5 Å². The van der Waals surface area contributed by atoms with Crippen molar-refractivity contribution in [2.45, 2.75) is 32.9 Å². The third-order valence-electron chi connectivity index (χ3n) is 5.49. The maximum Gasteiger partial charge on any atom is 0.300 e. The standard InChI is InChI=1S/C27H24FNO4/c1-16(2)33-22-14-13-18(15-17(22)3)25(30)23-24(20-11-7-8-12-21(20)28)29(27(32)26(23)31)19-9-5-4-6-10-19/h4-16,24,30H,1-3H3/b25-23+. The average Bonchev–Trinajstić information content (AvgIpc) is 3.05. The first kappa shape index (κ1) is 22.3. The number of halogens is 1. The number of benzene rings is 3. The van der Waals surface area contributed by atoms with Crippen molar-refractivity contribution in [1.82, 2.24) is 0 Å². The highest BCUT2D eigenvalue weighted by atomic mass is 19.1. The van der Waals surface area contributed by atoms with Crippen molar-refractivity contribution < 1.29 is 23.8 Å². The van der Waals surface area contributed by atoms with Crippen LogP contribution in [-0.2, 0) is 9.59 Å². The summed E-state index contributed by atoms with van der Waals surface area (Å²) in [7, 11) is 0. The van der Waals surface area contributed by atoms with E-state index in [0.717, 1.165) is 5.56 Å². The minimum Gasteiger partial charge on any atom is -0.507 e. The lowest BCUT2D eigenvalue weighted by Gasteiger charge is -2.25. The lowest BCUT2D eigenvalue weighted by atomic mass is 9.94. The van der Waals surface area contributed by atoms with Crippen LogP contribution >= 0.6 is 0 Å². The normalized spacial score (nSPS) is 17.6. The van der Waals surface area contributed by atoms with Crippen molar-refractivity contribution >= 4 is 23.1 Å². The molecule has 0 aromatic heterocycles. The van der Waals surface area contributed by atoms with E-state index in [4.69, 9.17) is 4.74 Å². The molecule has 3 aromatic carbocycles. The van der Waals surface area contributed by atoms with E-state index in [1.54, 1.807) is 54.6 Å². The molecule has 1 aliphatic heterocycles. The lowest BCUT2D eigenvalue weighted by molar-refractivity contribution is -0.132. The predicted octanol–water partition coefficient (Wildman–Crippen LogP) is 5.55. The Morgan fingerprint density at radius 1 is 1.00 bits per heavy atom. The van der Waals surface area contributed by atoms with Gasteiger partial charge in [0.25, 0.3) is 11.7 Å². The molecule has 1 heterocycles. The molecule has 1 atom stereocenters. The zero-order valence-corrected chi connectivity index (χ0v) is 18.6. The third-order valence-corrected chi connectivity index (χ3v) is 5.49. The Hall–Kier alpha value is -3.93. The fourth-order valence-electron chi connectivity index (χ4n) is 4.02. The summed E-state index contributed by atoms with van der Waals surface area (Å²) in [6, 6.07) is 18.4. The molecule has 1 saturated heterocycles. The van der Waals surface area contributed by atoms with Crippen molar-refractivity contribution in [3.63, 3.8) is 0 Å². The molecule has 0 bridgehead atoms. The van der Waals surface area contributed by atoms with Crippen LogP contribution in [0.5, 0.6) is 5.75 Å². The lowest BCUT2D eigenvalue weighted by Crippen LogP contribution is -2.29. The molecule has 4 rings (SSSR count). The Balaban J connectivity index is 1.91. The SMILES string of the molecule is Cc1cc(/C(O)=C2\C(=O)C(=O)N(c3ccccc3)C2c2ccccc2F)ccc1OC(C)C. The van der Waals surface area contributed by atoms with E-state index in [9.17, 15) is 19.1 Å². The van der Waals surface area contributed by atoms with Crippen LogP contribution < -0.4 is 9.64 Å². The molecular formula is C27H24FNO4. The van der Waals surface area contributed by atoms with Crippen LogP contribution in [0.2, 0.25) is 0 Å². The molecule has 5 nitrogen and oxygen atoms in total. The monoisotopic (exact) mass is 445 g/mol. The van der Waals surface area contributed by atoms with Gasteiger partial charge in [0.05, 0.1) is 17.7 Å². The van der Waals surface area contributed by atoms with Crippen LogP contribution in [-0.4, -0.2) is 22.9 Å². The van der Waals surface area contributed by atoms with E-state index in [-0.39, 0.29) is 23.0 Å². The fourth-order valence-corrected chi connectivity index (χ4v) is 4.02. The molecule has 1 fully saturated rings. The molecule has 0 saturated carbocycles. The number of aliphatic hydroxyl groups is 1. The van der Waals surface area contributed by atoms with Crippen LogP contribution in [0.4, 0.5) is 10.1 Å². The highest BCUT2D eigenvalue weighted by molar-refractivity contribution is 6.51. The number of anilines is 1. The van der Waals surface area contributed by atoms with E-state index >= 15 is 0 Å². The van der Waals surface area contributed by atoms with E-state index < -0.39 is 23.5 Å². The number of Topliss-reactive ketones (excluding diaryl/α,β-unsaturated/α-hetero) is 1. The number of ketones is 1. The smallest absolute Gasteiger partial charge is 0.300 e. The molecule has 0 spiro atoms. The largest absolute Gasteiger partial charge is 0.507 e. The Morgan fingerprint density at radius 3 is 2.30 bits per heavy atom. The summed E-state index contributed by atoms with van der Waals surface area (Å²) in [5.74, 6) is -1.98. The number of nitrogens with zero attached hydrogens (tertiary/aromatic N) is 1. The van der Waals surface area contributed by atoms with Gasteiger partial charge in [-0.05, 0) is 62.7 Å². The van der Waals surface area contributed by atoms with Crippen molar-refractivity contribution in [2.24, 2.45) is 0 Å². The maximum atomic E-state index is 14.9. The molecule has 1 amide bonds. The number of ether oxygens (including phenoxy) is 1. The first-order valence-electron chi connectivity index (χ1n) is 10.7. The molecule has 1 N–H and O–H groups in total. The Bertz CT molecular complexity index is 1250. The van der Waals surface area contributed by atoms with Gasteiger partial charge < -0.3 is 9.84 Å². The van der Waals surface area contributed by atoms with Crippen LogP contribution in [0.1, 0.15) is 36.6 Å². The second-order valence-corrected chi connectivity index (χ2v) is 8.17. The summed E-state index contributed by atoms with van der Waals surface area (Å²) >= 11 is 0. The van der Waals surface area contributed by atoms with Crippen LogP contribution in [0.15, 0.2) is 78.4 Å². The van der Waals surface area contributed by atoms with Gasteiger partial charge >= 0.3 is 0 Å². The van der Waals surface area contributed by atoms with Crippen LogP contribution in [0.25, 0.3) is 5.76 Å². The molecule has 0 aliphatic carbocycles. The van der Waals surface area contributed by atoms with Crippen molar-refractivity contribution in [2.75, 3.05) is 4.90 Å². The molecule has 3 aromatic rings. The summed E-state index contributed by atoms with van der Waals surface area (Å²) in [4.78, 5) is 27.4. The maximum absolute atomic E-state index is 14.9. The Morgan fingerprint density at radius 2 is 1.67 bits per heavy atom. The van der Waals surface area contributed by atoms with E-state index in [0.29, 0.717) is 17.0 Å². The van der Waals surface area contributed by atoms with Gasteiger partial charge in [-0.15, -0.1) is 0 Å². The minimum absolute atomic E-state index is 0.0274. The molecule has 0 radical (unpaired) electrons. The number of hydrogen-bond donors (Lipinski definition) is 1. The van der Waals surface area contributed by atoms with Crippen LogP contribution in [0.3, 0.4) is 0 Å². The average molecular weight is 445 g/mol. The summed E-state index contributed by atoms with van der Waals surface area (Å²) in [5, 5.41) is 11.2. The van der Waals surface area contributed by atoms with E-state index in [1.807, 2.05) is 20.8 Å². The number of aryl methyl sites for hydroxylation is 1. The quantitative estimate of drug-likeness (QED) is 0.318. The first-order valence-corrected chi connectivity index (χ1v) is 10.7. The topological polar surface area (TPSA) is 66.8 Å². The number of carbonyl (C=O) groups excluding carboxylic acids is 2. The van der Waals surface area contributed by atoms with Crippen molar-refractivity contribution in [3.8, 4) is 5.75 Å². The molecule has 6 heteroatoms. The highest BCUT2D eigenvalue weighted by Gasteiger charge is 2.47. The van der Waals surface area contributed by atoms with Gasteiger partial charge in [0.1, 0.15) is 17.3 Å². The minimum atomic E-state index is -1.11. The predicted molar refractivity (Wildman–Crippen MR) is 125 cm³/mol. The van der Waals surface area contributed by atoms with Gasteiger partial charge in [0.15, 0.2) is 0 Å². The van der Waals surface area contributed by atoms with E-state index in [2.05, 4.69) is 0 Å². The zero-order valence-electron chi connectivity index (χ0n) is 18.6. The van der Waals surface area contributed by atoms with Crippen molar-refractivity contribution in [3.05, 3.63) is 101 Å². The molecule has 1 unspecified atom stereocenters.